The molecule has 16 saturated carbocycles. The van der Waals surface area contributed by atoms with Gasteiger partial charge in [-0.3, -0.25) is 0 Å². The lowest BCUT2D eigenvalue weighted by Gasteiger charge is -2.39. The molecule has 608 valence electrons. The van der Waals surface area contributed by atoms with Gasteiger partial charge in [0.05, 0.1) is 0 Å². The lowest BCUT2D eigenvalue weighted by Crippen LogP contribution is -2.36. The van der Waals surface area contributed by atoms with E-state index in [2.05, 4.69) is 235 Å². The monoisotopic (exact) mass is 1460 g/mol. The number of fused-ring (bicyclic) bond motifs is 8. The summed E-state index contributed by atoms with van der Waals surface area (Å²) in [6.07, 6.45) is 20.0. The molecule has 0 aliphatic heterocycles. The lowest BCUT2D eigenvalue weighted by molar-refractivity contribution is -0.0925. The van der Waals surface area contributed by atoms with Crippen LogP contribution in [0.3, 0.4) is 0 Å². The van der Waals surface area contributed by atoms with Gasteiger partial charge in [-0.2, -0.15) is 0 Å². The molecule has 0 nitrogen and oxygen atoms in total. The molecule has 0 saturated heterocycles. The fourth-order valence-corrected chi connectivity index (χ4v) is 31.2. The molecule has 16 aliphatic carbocycles. The fraction of sp³-hybridized carbons (Fsp3) is 1.00. The third-order valence-corrected chi connectivity index (χ3v) is 36.3. The van der Waals surface area contributed by atoms with Crippen LogP contribution in [0.15, 0.2) is 0 Å². The SMILES string of the molecule is CC(C)C1C2CC2C(C)(C)C1C(C)C.CC(C)C1C2CC2C(F)(F)C1C(C)C.CC(C)C1CC2C(C1C(C)C)C2(C)C.CC(C)C1CC2C(C1C(C)C)C2(F)F.CC(C)C1CC2CC2C1C(C)C.CC(C)C1CC2CC2C1C(C)C.CC(C)C1CCC2CC21C(C)C.CC(C)C1CCC2CC21C(C)C. The summed E-state index contributed by atoms with van der Waals surface area (Å²) in [4.78, 5) is 0. The highest BCUT2D eigenvalue weighted by Gasteiger charge is 2.76. The second kappa shape index (κ2) is 32.2. The summed E-state index contributed by atoms with van der Waals surface area (Å²) in [6, 6.07) is 0. The van der Waals surface area contributed by atoms with E-state index in [0.717, 1.165) is 213 Å². The van der Waals surface area contributed by atoms with Crippen LogP contribution in [0.2, 0.25) is 0 Å². The number of hydrogen-bond donors (Lipinski definition) is 0. The minimum absolute atomic E-state index is 0.116. The van der Waals surface area contributed by atoms with E-state index in [1.165, 1.54) is 38.5 Å². The first-order valence-corrected chi connectivity index (χ1v) is 46.6. The van der Waals surface area contributed by atoms with Gasteiger partial charge in [0, 0.05) is 23.7 Å². The van der Waals surface area contributed by atoms with Gasteiger partial charge in [0.25, 0.3) is 11.8 Å². The maximum atomic E-state index is 13.9. The van der Waals surface area contributed by atoms with E-state index in [-0.39, 0.29) is 41.4 Å². The van der Waals surface area contributed by atoms with Gasteiger partial charge in [0.1, 0.15) is 0 Å². The Morgan fingerprint density at radius 3 is 0.865 bits per heavy atom. The molecular formula is C100H180F4. The second-order valence-corrected chi connectivity index (χ2v) is 47.8. The van der Waals surface area contributed by atoms with Crippen molar-refractivity contribution in [3.63, 3.8) is 0 Å². The highest BCUT2D eigenvalue weighted by Crippen LogP contribution is 2.76. The average Bonchev–Trinajstić information content (AvgIpc) is 1.63. The minimum atomic E-state index is -2.38. The Labute approximate surface area is 646 Å². The van der Waals surface area contributed by atoms with Crippen molar-refractivity contribution in [2.24, 2.45) is 282 Å². The molecule has 0 radical (unpaired) electrons. The molecule has 0 N–H and O–H groups in total. The van der Waals surface area contributed by atoms with Crippen LogP contribution in [-0.4, -0.2) is 11.8 Å². The molecule has 0 aromatic rings. The van der Waals surface area contributed by atoms with Gasteiger partial charge in [-0.15, -0.1) is 0 Å². The van der Waals surface area contributed by atoms with Crippen molar-refractivity contribution in [1.29, 1.82) is 0 Å². The first kappa shape index (κ1) is 87.7. The summed E-state index contributed by atoms with van der Waals surface area (Å²) >= 11 is 0. The zero-order valence-corrected chi connectivity index (χ0v) is 75.8. The molecule has 0 amide bonds. The highest BCUT2D eigenvalue weighted by molar-refractivity contribution is 5.19. The summed E-state index contributed by atoms with van der Waals surface area (Å²) in [5, 5.41) is 0. The maximum absolute atomic E-state index is 13.9. The van der Waals surface area contributed by atoms with E-state index >= 15 is 0 Å². The molecule has 0 aromatic heterocycles. The second-order valence-electron chi connectivity index (χ2n) is 47.8. The van der Waals surface area contributed by atoms with E-state index in [0.29, 0.717) is 40.4 Å². The van der Waals surface area contributed by atoms with Crippen LogP contribution in [0, 0.1) is 282 Å². The maximum Gasteiger partial charge on any atom is 0.254 e. The van der Waals surface area contributed by atoms with E-state index in [1.54, 1.807) is 38.5 Å². The third-order valence-electron chi connectivity index (χ3n) is 36.3. The standard InChI is InChI=1S/2C14H26.2C12H20F2.4C12H22/c1-8(2)12-10-7-11(10)14(5,6)13(12)9(3)4;1-8(2)10-7-11-13(14(11,5)6)12(10)9(3)4;1-6(2)10-8-5-9(8)12(13,14)11(10)7(3)4;1-6(2)8-5-9-11(12(9,13)14)10(8)7(3)4;2*1-7(2)10-5-9-6-11(9)12(10)8(3)4;2*1-8(2)11-6-5-10-7-12(10,11)9(3)4/h2*8-13H,7H2,1-6H3;2*6-11H,5H2,1-4H3;2*7-12H,5-6H2,1-4H3;2*8-11H,5-7H2,1-4H3. The molecule has 16 aliphatic rings. The van der Waals surface area contributed by atoms with Crippen LogP contribution in [0.5, 0.6) is 0 Å². The molecule has 16 rings (SSSR count). The topological polar surface area (TPSA) is 0 Å². The van der Waals surface area contributed by atoms with Gasteiger partial charge in [0.2, 0.25) is 0 Å². The Morgan fingerprint density at radius 2 is 0.577 bits per heavy atom. The van der Waals surface area contributed by atoms with Crippen LogP contribution < -0.4 is 0 Å². The molecular weight excluding hydrogens is 1280 g/mol. The van der Waals surface area contributed by atoms with Gasteiger partial charge in [-0.25, -0.2) is 17.6 Å². The minimum Gasteiger partial charge on any atom is -0.206 e. The van der Waals surface area contributed by atoms with Gasteiger partial charge in [-0.1, -0.05) is 249 Å². The molecule has 0 bridgehead atoms. The Balaban J connectivity index is 0.000000138. The summed E-state index contributed by atoms with van der Waals surface area (Å²) in [6.45, 7) is 84.7. The van der Waals surface area contributed by atoms with Crippen molar-refractivity contribution >= 4 is 0 Å². The Hall–Kier alpha value is -0.280. The van der Waals surface area contributed by atoms with E-state index in [9.17, 15) is 17.6 Å². The summed E-state index contributed by atoms with van der Waals surface area (Å²) < 4.78 is 54.4. The molecule has 4 heteroatoms. The largest absolute Gasteiger partial charge is 0.254 e. The molecule has 30 atom stereocenters. The molecule has 30 unspecified atom stereocenters. The Bertz CT molecular complexity index is 2490. The molecule has 0 heterocycles. The molecule has 16 fully saturated rings. The normalized spacial score (nSPS) is 45.0. The van der Waals surface area contributed by atoms with Crippen molar-refractivity contribution in [3.05, 3.63) is 0 Å². The van der Waals surface area contributed by atoms with Crippen LogP contribution >= 0.6 is 0 Å². The summed E-state index contributed by atoms with van der Waals surface area (Å²) in [5.41, 5.74) is 2.90. The predicted octanol–water partition coefficient (Wildman–Crippen LogP) is 30.6. The number of rotatable bonds is 16. The van der Waals surface area contributed by atoms with Crippen molar-refractivity contribution in [3.8, 4) is 0 Å². The smallest absolute Gasteiger partial charge is 0.206 e. The van der Waals surface area contributed by atoms with Crippen molar-refractivity contribution in [2.45, 2.75) is 351 Å². The highest BCUT2D eigenvalue weighted by atomic mass is 19.3. The first-order chi connectivity index (χ1) is 47.9. The average molecular weight is 1460 g/mol. The van der Waals surface area contributed by atoms with Crippen molar-refractivity contribution < 1.29 is 17.6 Å². The first-order valence-electron chi connectivity index (χ1n) is 46.6. The van der Waals surface area contributed by atoms with Crippen LogP contribution in [0.4, 0.5) is 17.6 Å². The fourth-order valence-electron chi connectivity index (χ4n) is 31.2. The molecule has 0 aromatic carbocycles. The van der Waals surface area contributed by atoms with Crippen LogP contribution in [0.1, 0.15) is 339 Å². The third kappa shape index (κ3) is 16.8. The van der Waals surface area contributed by atoms with Crippen LogP contribution in [0.25, 0.3) is 0 Å². The summed E-state index contributed by atoms with van der Waals surface area (Å²) in [5.74, 6) is 29.2. The zero-order chi connectivity index (χ0) is 78.3. The van der Waals surface area contributed by atoms with Crippen molar-refractivity contribution in [2.75, 3.05) is 0 Å². The molecule has 104 heavy (non-hydrogen) atoms. The number of alkyl halides is 4. The van der Waals surface area contributed by atoms with Crippen LogP contribution in [-0.2, 0) is 0 Å². The van der Waals surface area contributed by atoms with Gasteiger partial charge < -0.3 is 0 Å². The van der Waals surface area contributed by atoms with E-state index in [4.69, 9.17) is 0 Å². The van der Waals surface area contributed by atoms with Gasteiger partial charge >= 0.3 is 0 Å². The van der Waals surface area contributed by atoms with Gasteiger partial charge in [-0.05, 0) is 348 Å². The summed E-state index contributed by atoms with van der Waals surface area (Å²) in [7, 11) is 0. The predicted molar refractivity (Wildman–Crippen MR) is 442 cm³/mol. The quantitative estimate of drug-likeness (QED) is 0.135. The Morgan fingerprint density at radius 1 is 0.250 bits per heavy atom. The van der Waals surface area contributed by atoms with E-state index < -0.39 is 11.8 Å². The molecule has 0 spiro atoms. The Kier molecular flexibility index (Phi) is 27.1. The van der Waals surface area contributed by atoms with Gasteiger partial charge in [0.15, 0.2) is 0 Å². The number of hydrogen-bond acceptors (Lipinski definition) is 0. The zero-order valence-electron chi connectivity index (χ0n) is 75.8. The van der Waals surface area contributed by atoms with E-state index in [1.807, 2.05) is 13.8 Å². The van der Waals surface area contributed by atoms with Crippen molar-refractivity contribution in [1.82, 2.24) is 0 Å². The lowest BCUT2D eigenvalue weighted by atomic mass is 9.66. The number of halogens is 4.